The lowest BCUT2D eigenvalue weighted by Gasteiger charge is -2.33. The van der Waals surface area contributed by atoms with Crippen LogP contribution in [-0.4, -0.2) is 73.9 Å². The zero-order valence-corrected chi connectivity index (χ0v) is 20.0. The van der Waals surface area contributed by atoms with Crippen LogP contribution in [-0.2, 0) is 24.8 Å². The molecule has 2 atom stereocenters. The van der Waals surface area contributed by atoms with Gasteiger partial charge in [0.1, 0.15) is 0 Å². The van der Waals surface area contributed by atoms with Crippen molar-refractivity contribution in [2.75, 3.05) is 19.6 Å². The molecule has 11 N–H and O–H groups in total. The fourth-order valence-electron chi connectivity index (χ4n) is 3.37. The van der Waals surface area contributed by atoms with Crippen LogP contribution in [0.25, 0.3) is 17.0 Å². The molecular formula is C18H26N10O5S2. The maximum absolute atomic E-state index is 12.6. The summed E-state index contributed by atoms with van der Waals surface area (Å²) in [5.74, 6) is -0.750. The summed E-state index contributed by atoms with van der Waals surface area (Å²) in [4.78, 5) is 10.3. The lowest BCUT2D eigenvalue weighted by molar-refractivity contribution is -0.122. The Hall–Kier alpha value is -3.06. The predicted octanol–water partition coefficient (Wildman–Crippen LogP) is -3.17. The van der Waals surface area contributed by atoms with E-state index in [9.17, 15) is 21.6 Å². The quantitative estimate of drug-likeness (QED) is 0.162. The van der Waals surface area contributed by atoms with Gasteiger partial charge >= 0.3 is 0 Å². The van der Waals surface area contributed by atoms with E-state index in [0.29, 0.717) is 11.1 Å². The molecule has 1 heterocycles. The van der Waals surface area contributed by atoms with Crippen LogP contribution in [0.3, 0.4) is 0 Å². The molecule has 15 nitrogen and oxygen atoms in total. The number of carbonyl (C=O) groups excluding carboxylic acids is 1. The first-order valence-electron chi connectivity index (χ1n) is 10.2. The van der Waals surface area contributed by atoms with Crippen molar-refractivity contribution in [2.24, 2.45) is 22.3 Å². The molecule has 0 fully saturated rings. The number of carbonyl (C=O) groups is 1. The van der Waals surface area contributed by atoms with Crippen molar-refractivity contribution >= 4 is 31.5 Å². The molecule has 0 aliphatic heterocycles. The van der Waals surface area contributed by atoms with Gasteiger partial charge in [0.05, 0.1) is 10.9 Å². The molecule has 190 valence electrons. The molecule has 0 saturated heterocycles. The van der Waals surface area contributed by atoms with Gasteiger partial charge in [0.25, 0.3) is 0 Å². The third-order valence-electron chi connectivity index (χ3n) is 5.22. The second-order valence-corrected chi connectivity index (χ2v) is 11.2. The van der Waals surface area contributed by atoms with Crippen LogP contribution in [0.4, 0.5) is 0 Å². The van der Waals surface area contributed by atoms with Gasteiger partial charge in [-0.25, -0.2) is 26.7 Å². The molecule has 35 heavy (non-hydrogen) atoms. The van der Waals surface area contributed by atoms with E-state index < -0.39 is 36.9 Å². The van der Waals surface area contributed by atoms with Crippen molar-refractivity contribution in [1.82, 2.24) is 30.7 Å². The number of aromatic amines is 1. The average molecular weight is 527 g/mol. The van der Waals surface area contributed by atoms with Gasteiger partial charge in [-0.1, -0.05) is 18.2 Å². The van der Waals surface area contributed by atoms with Crippen molar-refractivity contribution in [2.45, 2.75) is 22.2 Å². The number of sulfonamides is 2. The van der Waals surface area contributed by atoms with Gasteiger partial charge < -0.3 is 22.5 Å². The SMILES string of the molecule is NCCNS(=O)(=O)c1ccc(C2=CC=CC(NC(=O)C(N)CN)(S(N)(=O)=O)C2)c(-c2nn[nH]n2)c1. The normalized spacial score (nSPS) is 19.3. The second kappa shape index (κ2) is 10.3. The average Bonchev–Trinajstić information content (AvgIpc) is 3.36. The van der Waals surface area contributed by atoms with Crippen LogP contribution in [0.1, 0.15) is 12.0 Å². The number of H-pyrrole nitrogens is 1. The summed E-state index contributed by atoms with van der Waals surface area (Å²) in [6.45, 7) is -0.0858. The monoisotopic (exact) mass is 526 g/mol. The molecule has 1 aromatic carbocycles. The number of nitrogens with one attached hydrogen (secondary N) is 3. The third kappa shape index (κ3) is 5.61. The van der Waals surface area contributed by atoms with Crippen molar-refractivity contribution in [3.63, 3.8) is 0 Å². The molecule has 1 aromatic heterocycles. The standard InChI is InChI=1S/C18H26N10O5S2/c19-6-7-23-34(30,31)12-3-4-13(14(8-12)16-25-27-28-26-16)11-2-1-5-18(9-11,35(22,32)33)24-17(29)15(21)10-20/h1-5,8,15,23H,6-7,9-10,19-21H2,(H,24,29)(H2,22,32,33)(H,25,26,27,28). The molecule has 0 radical (unpaired) electrons. The number of hydrogen-bond donors (Lipinski definition) is 7. The number of amides is 1. The highest BCUT2D eigenvalue weighted by atomic mass is 32.2. The zero-order chi connectivity index (χ0) is 25.9. The molecule has 0 spiro atoms. The number of hydrogen-bond acceptors (Lipinski definition) is 11. The predicted molar refractivity (Wildman–Crippen MR) is 127 cm³/mol. The Morgan fingerprint density at radius 3 is 2.54 bits per heavy atom. The minimum absolute atomic E-state index is 0.0269. The van der Waals surface area contributed by atoms with Gasteiger partial charge in [0.15, 0.2) is 4.87 Å². The topological polar surface area (TPSA) is 268 Å². The molecule has 3 rings (SSSR count). The first kappa shape index (κ1) is 26.5. The van der Waals surface area contributed by atoms with E-state index in [1.165, 1.54) is 30.4 Å². The number of rotatable bonds is 10. The number of primary sulfonamides is 1. The number of nitrogens with two attached hydrogens (primary N) is 4. The van der Waals surface area contributed by atoms with Crippen LogP contribution in [0.5, 0.6) is 0 Å². The molecule has 1 aliphatic rings. The van der Waals surface area contributed by atoms with Gasteiger partial charge in [0, 0.05) is 31.6 Å². The molecule has 1 amide bonds. The second-order valence-electron chi connectivity index (χ2n) is 7.62. The Morgan fingerprint density at radius 1 is 1.20 bits per heavy atom. The zero-order valence-electron chi connectivity index (χ0n) is 18.4. The minimum Gasteiger partial charge on any atom is -0.331 e. The van der Waals surface area contributed by atoms with Crippen molar-refractivity contribution in [3.8, 4) is 11.4 Å². The van der Waals surface area contributed by atoms with E-state index in [-0.39, 0.29) is 42.3 Å². The van der Waals surface area contributed by atoms with Gasteiger partial charge in [-0.15, -0.1) is 10.2 Å². The summed E-state index contributed by atoms with van der Waals surface area (Å²) in [6, 6.07) is 2.96. The molecular weight excluding hydrogens is 500 g/mol. The van der Waals surface area contributed by atoms with Gasteiger partial charge in [-0.05, 0) is 34.6 Å². The number of benzene rings is 1. The van der Waals surface area contributed by atoms with Gasteiger partial charge in [-0.3, -0.25) is 4.79 Å². The Kier molecular flexibility index (Phi) is 7.80. The largest absolute Gasteiger partial charge is 0.331 e. The summed E-state index contributed by atoms with van der Waals surface area (Å²) in [5, 5.41) is 21.5. The van der Waals surface area contributed by atoms with Crippen LogP contribution in [0.15, 0.2) is 41.3 Å². The van der Waals surface area contributed by atoms with E-state index in [2.05, 4.69) is 30.7 Å². The molecule has 17 heteroatoms. The summed E-state index contributed by atoms with van der Waals surface area (Å²) >= 11 is 0. The van der Waals surface area contributed by atoms with Crippen molar-refractivity contribution in [1.29, 1.82) is 0 Å². The minimum atomic E-state index is -4.40. The van der Waals surface area contributed by atoms with E-state index in [0.717, 1.165) is 0 Å². The maximum atomic E-state index is 12.6. The van der Waals surface area contributed by atoms with Crippen LogP contribution in [0.2, 0.25) is 0 Å². The Morgan fingerprint density at radius 2 is 1.94 bits per heavy atom. The maximum Gasteiger partial charge on any atom is 0.240 e. The summed E-state index contributed by atoms with van der Waals surface area (Å²) in [5.41, 5.74) is 17.5. The lowest BCUT2D eigenvalue weighted by atomic mass is 9.90. The van der Waals surface area contributed by atoms with Crippen molar-refractivity contribution < 1.29 is 21.6 Å². The lowest BCUT2D eigenvalue weighted by Crippen LogP contribution is -2.60. The van der Waals surface area contributed by atoms with Gasteiger partial charge in [0.2, 0.25) is 31.8 Å². The summed E-state index contributed by atoms with van der Waals surface area (Å²) in [7, 11) is -8.30. The fraction of sp³-hybridized carbons (Fsp3) is 0.333. The first-order valence-corrected chi connectivity index (χ1v) is 13.2. The number of tetrazole rings is 1. The van der Waals surface area contributed by atoms with Crippen LogP contribution in [0, 0.1) is 0 Å². The van der Waals surface area contributed by atoms with E-state index in [1.54, 1.807) is 6.08 Å². The Bertz CT molecular complexity index is 1360. The third-order valence-corrected chi connectivity index (χ3v) is 8.08. The van der Waals surface area contributed by atoms with Gasteiger partial charge in [-0.2, -0.15) is 5.21 Å². The molecule has 1 aliphatic carbocycles. The molecule has 2 aromatic rings. The molecule has 0 saturated carbocycles. The Balaban J connectivity index is 2.09. The highest BCUT2D eigenvalue weighted by Crippen LogP contribution is 2.37. The summed E-state index contributed by atoms with van der Waals surface area (Å²) < 4.78 is 52.8. The van der Waals surface area contributed by atoms with Crippen LogP contribution < -0.4 is 32.4 Å². The summed E-state index contributed by atoms with van der Waals surface area (Å²) in [6.07, 6.45) is 3.94. The van der Waals surface area contributed by atoms with E-state index in [1.807, 2.05) is 0 Å². The number of nitrogens with zero attached hydrogens (tertiary/aromatic N) is 3. The highest BCUT2D eigenvalue weighted by molar-refractivity contribution is 7.90. The van der Waals surface area contributed by atoms with Crippen LogP contribution >= 0.6 is 0 Å². The first-order chi connectivity index (χ1) is 16.4. The smallest absolute Gasteiger partial charge is 0.240 e. The molecule has 0 bridgehead atoms. The van der Waals surface area contributed by atoms with E-state index in [4.69, 9.17) is 22.3 Å². The number of allylic oxidation sites excluding steroid dienone is 2. The highest BCUT2D eigenvalue weighted by Gasteiger charge is 2.43. The van der Waals surface area contributed by atoms with E-state index >= 15 is 0 Å². The fourth-order valence-corrected chi connectivity index (χ4v) is 5.32. The Labute approximate surface area is 201 Å². The molecule has 2 unspecified atom stereocenters. The number of aromatic nitrogens is 4. The van der Waals surface area contributed by atoms with Crippen molar-refractivity contribution in [3.05, 3.63) is 42.0 Å².